The second-order valence-corrected chi connectivity index (χ2v) is 6.18. The van der Waals surface area contributed by atoms with E-state index in [1.807, 2.05) is 24.3 Å². The van der Waals surface area contributed by atoms with Crippen LogP contribution in [-0.4, -0.2) is 6.04 Å². The van der Waals surface area contributed by atoms with Crippen molar-refractivity contribution >= 4 is 15.9 Å². The Morgan fingerprint density at radius 1 is 1.10 bits per heavy atom. The SMILES string of the molecule is Cc1ccc(Oc2ccc(CNC3CC3)c(Br)c2)cc1. The molecule has 2 nitrogen and oxygen atoms in total. The third-order valence-electron chi connectivity index (χ3n) is 3.44. The lowest BCUT2D eigenvalue weighted by atomic mass is 10.2. The third kappa shape index (κ3) is 3.62. The summed E-state index contributed by atoms with van der Waals surface area (Å²) in [7, 11) is 0. The minimum Gasteiger partial charge on any atom is -0.457 e. The summed E-state index contributed by atoms with van der Waals surface area (Å²) in [6.45, 7) is 2.98. The van der Waals surface area contributed by atoms with Crippen LogP contribution in [0.3, 0.4) is 0 Å². The van der Waals surface area contributed by atoms with Crippen molar-refractivity contribution in [2.24, 2.45) is 0 Å². The van der Waals surface area contributed by atoms with Gasteiger partial charge in [0.05, 0.1) is 0 Å². The maximum Gasteiger partial charge on any atom is 0.128 e. The van der Waals surface area contributed by atoms with Crippen molar-refractivity contribution in [2.45, 2.75) is 32.4 Å². The first-order valence-corrected chi connectivity index (χ1v) is 7.76. The fraction of sp³-hybridized carbons (Fsp3) is 0.294. The molecule has 1 saturated carbocycles. The Labute approximate surface area is 128 Å². The molecule has 0 aromatic heterocycles. The fourth-order valence-electron chi connectivity index (χ4n) is 2.02. The van der Waals surface area contributed by atoms with Gasteiger partial charge in [-0.2, -0.15) is 0 Å². The molecule has 0 bridgehead atoms. The first-order valence-electron chi connectivity index (χ1n) is 6.97. The topological polar surface area (TPSA) is 21.3 Å². The first-order chi connectivity index (χ1) is 9.70. The van der Waals surface area contributed by atoms with Gasteiger partial charge in [-0.3, -0.25) is 0 Å². The molecule has 0 saturated heterocycles. The van der Waals surface area contributed by atoms with Gasteiger partial charge < -0.3 is 10.1 Å². The number of nitrogens with one attached hydrogen (secondary N) is 1. The van der Waals surface area contributed by atoms with Gasteiger partial charge in [0.15, 0.2) is 0 Å². The monoisotopic (exact) mass is 331 g/mol. The molecule has 1 N–H and O–H groups in total. The van der Waals surface area contributed by atoms with Crippen molar-refractivity contribution in [3.05, 3.63) is 58.1 Å². The van der Waals surface area contributed by atoms with Crippen molar-refractivity contribution in [2.75, 3.05) is 0 Å². The molecule has 3 rings (SSSR count). The van der Waals surface area contributed by atoms with Crippen LogP contribution in [0.15, 0.2) is 46.9 Å². The molecule has 0 spiro atoms. The fourth-order valence-corrected chi connectivity index (χ4v) is 2.52. The van der Waals surface area contributed by atoms with Gasteiger partial charge in [0.1, 0.15) is 11.5 Å². The molecule has 0 atom stereocenters. The summed E-state index contributed by atoms with van der Waals surface area (Å²) in [6, 6.07) is 15.0. The lowest BCUT2D eigenvalue weighted by Crippen LogP contribution is -2.15. The van der Waals surface area contributed by atoms with Crippen molar-refractivity contribution in [3.8, 4) is 11.5 Å². The molecule has 1 aliphatic carbocycles. The Morgan fingerprint density at radius 2 is 1.80 bits per heavy atom. The Bertz CT molecular complexity index is 590. The van der Waals surface area contributed by atoms with E-state index in [-0.39, 0.29) is 0 Å². The van der Waals surface area contributed by atoms with E-state index >= 15 is 0 Å². The lowest BCUT2D eigenvalue weighted by Gasteiger charge is -2.10. The van der Waals surface area contributed by atoms with Gasteiger partial charge in [-0.1, -0.05) is 39.7 Å². The predicted molar refractivity (Wildman–Crippen MR) is 85.3 cm³/mol. The molecular weight excluding hydrogens is 314 g/mol. The van der Waals surface area contributed by atoms with Crippen LogP contribution in [0.4, 0.5) is 0 Å². The van der Waals surface area contributed by atoms with E-state index < -0.39 is 0 Å². The smallest absolute Gasteiger partial charge is 0.128 e. The van der Waals surface area contributed by atoms with Crippen LogP contribution in [0, 0.1) is 6.92 Å². The quantitative estimate of drug-likeness (QED) is 0.849. The second kappa shape index (κ2) is 5.98. The zero-order valence-electron chi connectivity index (χ0n) is 11.5. The van der Waals surface area contributed by atoms with Crippen molar-refractivity contribution in [1.82, 2.24) is 5.32 Å². The van der Waals surface area contributed by atoms with E-state index in [2.05, 4.69) is 46.4 Å². The third-order valence-corrected chi connectivity index (χ3v) is 4.18. The minimum atomic E-state index is 0.727. The van der Waals surface area contributed by atoms with E-state index in [9.17, 15) is 0 Å². The lowest BCUT2D eigenvalue weighted by molar-refractivity contribution is 0.482. The Morgan fingerprint density at radius 3 is 2.45 bits per heavy atom. The van der Waals surface area contributed by atoms with E-state index in [0.29, 0.717) is 0 Å². The summed E-state index contributed by atoms with van der Waals surface area (Å²) in [5.41, 5.74) is 2.51. The van der Waals surface area contributed by atoms with Crippen molar-refractivity contribution in [3.63, 3.8) is 0 Å². The number of rotatable bonds is 5. The molecule has 1 fully saturated rings. The number of ether oxygens (including phenoxy) is 1. The molecule has 0 aliphatic heterocycles. The average Bonchev–Trinajstić information content (AvgIpc) is 3.25. The molecule has 104 valence electrons. The molecule has 0 heterocycles. The summed E-state index contributed by atoms with van der Waals surface area (Å²) >= 11 is 3.62. The van der Waals surface area contributed by atoms with Crippen LogP contribution in [0.5, 0.6) is 11.5 Å². The number of aryl methyl sites for hydroxylation is 1. The molecule has 20 heavy (non-hydrogen) atoms. The van der Waals surface area contributed by atoms with Crippen molar-refractivity contribution in [1.29, 1.82) is 0 Å². The second-order valence-electron chi connectivity index (χ2n) is 5.32. The number of halogens is 1. The van der Waals surface area contributed by atoms with Crippen molar-refractivity contribution < 1.29 is 4.74 Å². The highest BCUT2D eigenvalue weighted by Crippen LogP contribution is 2.28. The van der Waals surface area contributed by atoms with E-state index in [1.54, 1.807) is 0 Å². The van der Waals surface area contributed by atoms with Gasteiger partial charge in [-0.25, -0.2) is 0 Å². The van der Waals surface area contributed by atoms with Gasteiger partial charge in [0, 0.05) is 17.1 Å². The number of benzene rings is 2. The molecule has 2 aromatic carbocycles. The average molecular weight is 332 g/mol. The van der Waals surface area contributed by atoms with Crippen LogP contribution in [0.2, 0.25) is 0 Å². The Balaban J connectivity index is 1.67. The summed E-state index contributed by atoms with van der Waals surface area (Å²) in [6.07, 6.45) is 2.62. The van der Waals surface area contributed by atoms with Gasteiger partial charge in [0.25, 0.3) is 0 Å². The zero-order valence-corrected chi connectivity index (χ0v) is 13.1. The highest BCUT2D eigenvalue weighted by Gasteiger charge is 2.20. The van der Waals surface area contributed by atoms with Gasteiger partial charge >= 0.3 is 0 Å². The maximum absolute atomic E-state index is 5.86. The Hall–Kier alpha value is -1.32. The molecule has 0 amide bonds. The summed E-state index contributed by atoms with van der Waals surface area (Å²) in [5, 5.41) is 3.52. The number of hydrogen-bond donors (Lipinski definition) is 1. The summed E-state index contributed by atoms with van der Waals surface area (Å²) in [4.78, 5) is 0. The van der Waals surface area contributed by atoms with E-state index in [1.165, 1.54) is 24.0 Å². The van der Waals surface area contributed by atoms with Crippen LogP contribution in [-0.2, 0) is 6.54 Å². The largest absolute Gasteiger partial charge is 0.457 e. The Kier molecular flexibility index (Phi) is 4.08. The van der Waals surface area contributed by atoms with Crippen LogP contribution in [0.25, 0.3) is 0 Å². The highest BCUT2D eigenvalue weighted by molar-refractivity contribution is 9.10. The van der Waals surface area contributed by atoms with E-state index in [4.69, 9.17) is 4.74 Å². The van der Waals surface area contributed by atoms with Crippen LogP contribution < -0.4 is 10.1 Å². The highest BCUT2D eigenvalue weighted by atomic mass is 79.9. The molecule has 0 unspecified atom stereocenters. The first kappa shape index (κ1) is 13.7. The molecule has 2 aromatic rings. The summed E-state index contributed by atoms with van der Waals surface area (Å²) < 4.78 is 6.95. The predicted octanol–water partition coefficient (Wildman–Crippen LogP) is 4.80. The van der Waals surface area contributed by atoms with Gasteiger partial charge in [0.2, 0.25) is 0 Å². The minimum absolute atomic E-state index is 0.727. The maximum atomic E-state index is 5.86. The molecule has 3 heteroatoms. The molecule has 0 radical (unpaired) electrons. The van der Waals surface area contributed by atoms with E-state index in [0.717, 1.165) is 28.6 Å². The number of hydrogen-bond acceptors (Lipinski definition) is 2. The zero-order chi connectivity index (χ0) is 13.9. The molecule has 1 aliphatic rings. The normalized spacial score (nSPS) is 14.3. The standard InChI is InChI=1S/C17H18BrNO/c1-12-2-7-15(8-3-12)20-16-9-4-13(17(18)10-16)11-19-14-5-6-14/h2-4,7-10,14,19H,5-6,11H2,1H3. The van der Waals surface area contributed by atoms with Crippen LogP contribution >= 0.6 is 15.9 Å². The molecular formula is C17H18BrNO. The van der Waals surface area contributed by atoms with Gasteiger partial charge in [-0.05, 0) is 49.6 Å². The summed E-state index contributed by atoms with van der Waals surface area (Å²) in [5.74, 6) is 1.72. The van der Waals surface area contributed by atoms with Crippen LogP contribution in [0.1, 0.15) is 24.0 Å². The van der Waals surface area contributed by atoms with Gasteiger partial charge in [-0.15, -0.1) is 0 Å².